The summed E-state index contributed by atoms with van der Waals surface area (Å²) in [6.45, 7) is 2.64. The summed E-state index contributed by atoms with van der Waals surface area (Å²) in [4.78, 5) is 26.0. The van der Waals surface area contributed by atoms with Gasteiger partial charge in [0.2, 0.25) is 0 Å². The summed E-state index contributed by atoms with van der Waals surface area (Å²) >= 11 is 5.69. The zero-order valence-electron chi connectivity index (χ0n) is 9.83. The van der Waals surface area contributed by atoms with E-state index >= 15 is 0 Å². The van der Waals surface area contributed by atoms with Crippen LogP contribution in [0.25, 0.3) is 0 Å². The Hall–Kier alpha value is -1.69. The first-order valence-corrected chi connectivity index (χ1v) is 5.48. The van der Waals surface area contributed by atoms with Crippen LogP contribution in [0, 0.1) is 5.82 Å². The normalized spacial score (nSPS) is 10.0. The number of pyridine rings is 1. The maximum absolute atomic E-state index is 13.2. The number of ether oxygens (including phenoxy) is 2. The van der Waals surface area contributed by atoms with E-state index in [9.17, 15) is 14.0 Å². The molecule has 0 bridgehead atoms. The molecule has 1 heterocycles. The Bertz CT molecular complexity index is 478. The molecule has 0 aliphatic carbocycles. The van der Waals surface area contributed by atoms with Crippen LogP contribution in [0.3, 0.4) is 0 Å². The molecule has 0 fully saturated rings. The number of esters is 2. The van der Waals surface area contributed by atoms with Crippen LogP contribution >= 0.6 is 11.6 Å². The smallest absolute Gasteiger partial charge is 0.341 e. The van der Waals surface area contributed by atoms with Crippen molar-refractivity contribution in [3.05, 3.63) is 28.3 Å². The van der Waals surface area contributed by atoms with Crippen molar-refractivity contribution in [1.29, 1.82) is 0 Å². The number of rotatable bonds is 4. The summed E-state index contributed by atoms with van der Waals surface area (Å²) < 4.78 is 22.7. The molecule has 0 aliphatic rings. The average molecular weight is 276 g/mol. The molecule has 0 N–H and O–H groups in total. The number of carbonyl (C=O) groups is 2. The van der Waals surface area contributed by atoms with Crippen LogP contribution in [0.1, 0.15) is 29.9 Å². The lowest BCUT2D eigenvalue weighted by atomic mass is 10.2. The van der Waals surface area contributed by atoms with Gasteiger partial charge in [0.05, 0.1) is 23.5 Å². The highest BCUT2D eigenvalue weighted by molar-refractivity contribution is 6.33. The molecule has 98 valence electrons. The molecule has 0 radical (unpaired) electrons. The molecular weight excluding hydrogens is 265 g/mol. The van der Waals surface area contributed by atoms with E-state index in [-0.39, 0.29) is 24.5 Å². The molecule has 0 aromatic carbocycles. The van der Waals surface area contributed by atoms with Gasteiger partial charge < -0.3 is 9.47 Å². The Morgan fingerprint density at radius 1 is 1.44 bits per heavy atom. The van der Waals surface area contributed by atoms with Crippen LogP contribution in [0.4, 0.5) is 4.39 Å². The molecule has 0 saturated carbocycles. The van der Waals surface area contributed by atoms with Crippen LogP contribution in [0.2, 0.25) is 5.02 Å². The third-order valence-electron chi connectivity index (χ3n) is 1.94. The van der Waals surface area contributed by atoms with Gasteiger partial charge in [-0.3, -0.25) is 9.78 Å². The molecule has 0 unspecified atom stereocenters. The Kier molecular flexibility index (Phi) is 5.03. The van der Waals surface area contributed by atoms with Crippen molar-refractivity contribution in [1.82, 2.24) is 4.98 Å². The van der Waals surface area contributed by atoms with E-state index in [2.05, 4.69) is 4.98 Å². The average Bonchev–Trinajstić information content (AvgIpc) is 2.30. The lowest BCUT2D eigenvalue weighted by molar-refractivity contribution is -0.142. The minimum absolute atomic E-state index is 0.0510. The second-order valence-corrected chi connectivity index (χ2v) is 3.62. The van der Waals surface area contributed by atoms with Crippen LogP contribution in [-0.4, -0.2) is 23.5 Å². The van der Waals surface area contributed by atoms with Gasteiger partial charge in [-0.15, -0.1) is 0 Å². The van der Waals surface area contributed by atoms with E-state index < -0.39 is 22.8 Å². The van der Waals surface area contributed by atoms with Gasteiger partial charge in [-0.1, -0.05) is 11.6 Å². The second kappa shape index (κ2) is 6.30. The fourth-order valence-corrected chi connectivity index (χ4v) is 1.43. The predicted molar refractivity (Wildman–Crippen MR) is 60.6 cm³/mol. The maximum Gasteiger partial charge on any atom is 0.341 e. The van der Waals surface area contributed by atoms with Crippen molar-refractivity contribution < 1.29 is 23.5 Å². The molecule has 5 nitrogen and oxygen atoms in total. The van der Waals surface area contributed by atoms with Gasteiger partial charge in [0.15, 0.2) is 5.82 Å². The minimum Gasteiger partial charge on any atom is -0.462 e. The summed E-state index contributed by atoms with van der Waals surface area (Å²) in [5.74, 6) is -2.20. The first-order valence-electron chi connectivity index (χ1n) is 5.10. The SMILES string of the molecule is CCOC(=O)c1c(COC(C)=O)ncc(F)c1Cl. The van der Waals surface area contributed by atoms with E-state index in [0.29, 0.717) is 0 Å². The Morgan fingerprint density at radius 3 is 2.67 bits per heavy atom. The maximum atomic E-state index is 13.2. The zero-order valence-corrected chi connectivity index (χ0v) is 10.6. The van der Waals surface area contributed by atoms with Crippen molar-refractivity contribution in [2.75, 3.05) is 6.61 Å². The lowest BCUT2D eigenvalue weighted by Gasteiger charge is -2.10. The van der Waals surface area contributed by atoms with Gasteiger partial charge >= 0.3 is 11.9 Å². The number of aromatic nitrogens is 1. The highest BCUT2D eigenvalue weighted by Crippen LogP contribution is 2.23. The molecule has 0 spiro atoms. The number of carbonyl (C=O) groups excluding carboxylic acids is 2. The van der Waals surface area contributed by atoms with Gasteiger partial charge in [0.25, 0.3) is 0 Å². The van der Waals surface area contributed by atoms with Gasteiger partial charge in [-0.25, -0.2) is 9.18 Å². The number of hydrogen-bond donors (Lipinski definition) is 0. The monoisotopic (exact) mass is 275 g/mol. The third-order valence-corrected chi connectivity index (χ3v) is 2.31. The van der Waals surface area contributed by atoms with E-state index in [0.717, 1.165) is 6.20 Å². The molecule has 1 aromatic rings. The summed E-state index contributed by atoms with van der Waals surface area (Å²) in [6.07, 6.45) is 0.851. The molecule has 0 saturated heterocycles. The molecule has 1 rings (SSSR count). The Labute approximate surface area is 108 Å². The topological polar surface area (TPSA) is 65.5 Å². The quantitative estimate of drug-likeness (QED) is 0.788. The zero-order chi connectivity index (χ0) is 13.7. The Morgan fingerprint density at radius 2 is 2.11 bits per heavy atom. The van der Waals surface area contributed by atoms with Crippen molar-refractivity contribution in [2.24, 2.45) is 0 Å². The molecule has 18 heavy (non-hydrogen) atoms. The van der Waals surface area contributed by atoms with E-state index in [1.165, 1.54) is 6.92 Å². The fraction of sp³-hybridized carbons (Fsp3) is 0.364. The minimum atomic E-state index is -0.841. The van der Waals surface area contributed by atoms with Gasteiger partial charge in [0, 0.05) is 6.92 Å². The molecule has 0 atom stereocenters. The summed E-state index contributed by atoms with van der Waals surface area (Å²) in [7, 11) is 0. The first kappa shape index (κ1) is 14.4. The molecule has 1 aromatic heterocycles. The number of nitrogens with zero attached hydrogens (tertiary/aromatic N) is 1. The van der Waals surface area contributed by atoms with Crippen molar-refractivity contribution in [2.45, 2.75) is 20.5 Å². The summed E-state index contributed by atoms with van der Waals surface area (Å²) in [5.41, 5.74) is -0.171. The van der Waals surface area contributed by atoms with Crippen molar-refractivity contribution in [3.63, 3.8) is 0 Å². The Balaban J connectivity index is 3.12. The van der Waals surface area contributed by atoms with Crippen LogP contribution in [0.15, 0.2) is 6.20 Å². The van der Waals surface area contributed by atoms with Crippen LogP contribution in [0.5, 0.6) is 0 Å². The van der Waals surface area contributed by atoms with Crippen molar-refractivity contribution in [3.8, 4) is 0 Å². The van der Waals surface area contributed by atoms with Crippen LogP contribution < -0.4 is 0 Å². The molecule has 7 heteroatoms. The van der Waals surface area contributed by atoms with E-state index in [1.54, 1.807) is 6.92 Å². The van der Waals surface area contributed by atoms with E-state index in [4.69, 9.17) is 21.1 Å². The molecule has 0 aliphatic heterocycles. The van der Waals surface area contributed by atoms with Gasteiger partial charge in [0.1, 0.15) is 12.2 Å². The highest BCUT2D eigenvalue weighted by atomic mass is 35.5. The fourth-order valence-electron chi connectivity index (χ4n) is 1.19. The summed E-state index contributed by atoms with van der Waals surface area (Å²) in [6, 6.07) is 0. The highest BCUT2D eigenvalue weighted by Gasteiger charge is 2.21. The number of halogens is 2. The largest absolute Gasteiger partial charge is 0.462 e. The lowest BCUT2D eigenvalue weighted by Crippen LogP contribution is -2.13. The van der Waals surface area contributed by atoms with Gasteiger partial charge in [-0.2, -0.15) is 0 Å². The van der Waals surface area contributed by atoms with Crippen LogP contribution in [-0.2, 0) is 20.9 Å². The standard InChI is InChI=1S/C11H11ClFNO4/c1-3-17-11(16)9-8(5-18-6(2)15)14-4-7(13)10(9)12/h4H,3,5H2,1-2H3. The molecule has 0 amide bonds. The molecular formula is C11H11ClFNO4. The van der Waals surface area contributed by atoms with E-state index in [1.807, 2.05) is 0 Å². The number of hydrogen-bond acceptors (Lipinski definition) is 5. The second-order valence-electron chi connectivity index (χ2n) is 3.24. The van der Waals surface area contributed by atoms with Gasteiger partial charge in [-0.05, 0) is 6.92 Å². The van der Waals surface area contributed by atoms with Crippen molar-refractivity contribution >= 4 is 23.5 Å². The third kappa shape index (κ3) is 3.40. The first-order chi connectivity index (χ1) is 8.47. The predicted octanol–water partition coefficient (Wildman–Crippen LogP) is 2.11. The summed E-state index contributed by atoms with van der Waals surface area (Å²) in [5, 5.41) is -0.398.